The smallest absolute Gasteiger partial charge is 0.187 e. The maximum absolute atomic E-state index is 11.9. The van der Waals surface area contributed by atoms with Gasteiger partial charge in [-0.1, -0.05) is 127 Å². The number of phenols is 1. The number of benzene rings is 6. The first-order valence-corrected chi connectivity index (χ1v) is 20.9. The van der Waals surface area contributed by atoms with E-state index in [9.17, 15) is 5.11 Å². The summed E-state index contributed by atoms with van der Waals surface area (Å²) in [5, 5.41) is 12.6. The van der Waals surface area contributed by atoms with Gasteiger partial charge >= 0.3 is 0 Å². The third kappa shape index (κ3) is 7.17. The van der Waals surface area contributed by atoms with Crippen LogP contribution >= 0.6 is 0 Å². The minimum atomic E-state index is -0.191. The summed E-state index contributed by atoms with van der Waals surface area (Å²) in [5.41, 5.74) is 16.0. The molecule has 3 aromatic heterocycles. The molecule has 1 N–H and O–H groups in total. The number of pyridine rings is 1. The molecule has 0 amide bonds. The van der Waals surface area contributed by atoms with E-state index in [1.807, 2.05) is 42.6 Å². The molecule has 0 aliphatic rings. The van der Waals surface area contributed by atoms with Crippen molar-refractivity contribution in [1.29, 1.82) is 0 Å². The Hall–Kier alpha value is -7.23. The third-order valence-electron chi connectivity index (χ3n) is 11.8. The minimum absolute atomic E-state index is 0.122. The van der Waals surface area contributed by atoms with Crippen LogP contribution < -0.4 is 0 Å². The van der Waals surface area contributed by atoms with E-state index in [2.05, 4.69) is 143 Å². The fourth-order valence-electron chi connectivity index (χ4n) is 8.49. The van der Waals surface area contributed by atoms with Crippen molar-refractivity contribution in [2.24, 2.45) is 0 Å². The largest absolute Gasteiger partial charge is 0.507 e. The number of para-hydroxylation sites is 1. The van der Waals surface area contributed by atoms with Crippen LogP contribution in [0.3, 0.4) is 0 Å². The van der Waals surface area contributed by atoms with Crippen LogP contribution in [0.4, 0.5) is 5.69 Å². The lowest BCUT2D eigenvalue weighted by molar-refractivity contribution is 0.477. The summed E-state index contributed by atoms with van der Waals surface area (Å²) in [6.45, 7) is 23.3. The number of aromatic nitrogens is 3. The zero-order chi connectivity index (χ0) is 42.6. The molecule has 0 saturated heterocycles. The van der Waals surface area contributed by atoms with E-state index < -0.39 is 0 Å². The van der Waals surface area contributed by atoms with Gasteiger partial charge in [-0.15, -0.1) is 0 Å². The zero-order valence-electron chi connectivity index (χ0n) is 35.7. The Morgan fingerprint density at radius 3 is 2.07 bits per heavy atom. The molecule has 0 unspecified atom stereocenters. The number of rotatable bonds is 8. The Labute approximate surface area is 357 Å². The Morgan fingerprint density at radius 2 is 1.38 bits per heavy atom. The average molecular weight is 797 g/mol. The summed E-state index contributed by atoms with van der Waals surface area (Å²) in [5.74, 6) is 1.12. The van der Waals surface area contributed by atoms with Crippen molar-refractivity contribution >= 4 is 27.7 Å². The molecule has 6 heteroatoms. The number of phenolic OH excluding ortho intramolecular Hbond substituents is 1. The van der Waals surface area contributed by atoms with Gasteiger partial charge in [0, 0.05) is 22.7 Å². The monoisotopic (exact) mass is 796 g/mol. The number of fused-ring (bicyclic) bond motifs is 2. The molecular weight excluding hydrogens is 749 g/mol. The molecular formula is C55H48N4O2. The van der Waals surface area contributed by atoms with Gasteiger partial charge in [0.15, 0.2) is 5.69 Å². The summed E-state index contributed by atoms with van der Waals surface area (Å²) in [6, 6.07) is 45.7. The van der Waals surface area contributed by atoms with Gasteiger partial charge in [0.2, 0.25) is 0 Å². The van der Waals surface area contributed by atoms with Crippen molar-refractivity contribution in [2.45, 2.75) is 65.7 Å². The first kappa shape index (κ1) is 39.2. The molecule has 9 aromatic rings. The summed E-state index contributed by atoms with van der Waals surface area (Å²) < 4.78 is 8.21. The summed E-state index contributed by atoms with van der Waals surface area (Å²) in [6.07, 6.45) is 3.56. The van der Waals surface area contributed by atoms with E-state index in [-0.39, 0.29) is 23.0 Å². The number of nitrogens with zero attached hydrogens (tertiary/aromatic N) is 4. The molecule has 6 nitrogen and oxygen atoms in total. The number of hydrogen-bond acceptors (Lipinski definition) is 4. The Kier molecular flexibility index (Phi) is 9.92. The SMILES string of the molecule is [C-]#[N+]c1ccc(-c2cc(-c3cc(-c4cc(-c5ccccc5)ccn4)cc(C(C)(C)C)c3)c3nc(-c4c(O)ccc5occc45)n(-c4c(C(C)C)cccc4C(C)C)c3c2)cc1. The topological polar surface area (TPSA) is 68.4 Å². The van der Waals surface area contributed by atoms with Crippen molar-refractivity contribution in [1.82, 2.24) is 14.5 Å². The molecule has 300 valence electrons. The van der Waals surface area contributed by atoms with Crippen LogP contribution in [0, 0.1) is 6.57 Å². The van der Waals surface area contributed by atoms with Crippen molar-refractivity contribution in [3.05, 3.63) is 174 Å². The van der Waals surface area contributed by atoms with Gasteiger partial charge in [-0.3, -0.25) is 9.55 Å². The molecule has 0 saturated carbocycles. The summed E-state index contributed by atoms with van der Waals surface area (Å²) in [4.78, 5) is 14.3. The maximum atomic E-state index is 11.9. The van der Waals surface area contributed by atoms with E-state index in [4.69, 9.17) is 21.0 Å². The fraction of sp³-hybridized carbons (Fsp3) is 0.182. The molecule has 0 aliphatic heterocycles. The van der Waals surface area contributed by atoms with Gasteiger partial charge in [0.1, 0.15) is 17.2 Å². The molecule has 0 fully saturated rings. The summed E-state index contributed by atoms with van der Waals surface area (Å²) >= 11 is 0. The number of furan rings is 1. The molecule has 3 heterocycles. The van der Waals surface area contributed by atoms with Crippen molar-refractivity contribution < 1.29 is 9.52 Å². The highest BCUT2D eigenvalue weighted by Gasteiger charge is 2.28. The predicted molar refractivity (Wildman–Crippen MR) is 251 cm³/mol. The molecule has 6 aromatic carbocycles. The van der Waals surface area contributed by atoms with Crippen LogP contribution in [0.15, 0.2) is 150 Å². The van der Waals surface area contributed by atoms with E-state index in [1.165, 1.54) is 16.7 Å². The van der Waals surface area contributed by atoms with Crippen LogP contribution in [0.5, 0.6) is 5.75 Å². The highest BCUT2D eigenvalue weighted by atomic mass is 16.3. The van der Waals surface area contributed by atoms with Crippen LogP contribution in [0.1, 0.15) is 77.0 Å². The van der Waals surface area contributed by atoms with Gasteiger partial charge in [-0.25, -0.2) is 9.83 Å². The first-order chi connectivity index (χ1) is 29.4. The van der Waals surface area contributed by atoms with Crippen LogP contribution in [0.25, 0.3) is 88.6 Å². The lowest BCUT2D eigenvalue weighted by Gasteiger charge is -2.23. The van der Waals surface area contributed by atoms with Crippen LogP contribution in [0.2, 0.25) is 0 Å². The lowest BCUT2D eigenvalue weighted by Crippen LogP contribution is -2.11. The van der Waals surface area contributed by atoms with Crippen molar-refractivity contribution in [2.75, 3.05) is 0 Å². The van der Waals surface area contributed by atoms with Crippen LogP contribution in [-0.4, -0.2) is 19.6 Å². The lowest BCUT2D eigenvalue weighted by atomic mass is 9.83. The van der Waals surface area contributed by atoms with Crippen LogP contribution in [-0.2, 0) is 5.41 Å². The van der Waals surface area contributed by atoms with Gasteiger partial charge in [-0.05, 0) is 116 Å². The molecule has 0 atom stereocenters. The fourth-order valence-corrected chi connectivity index (χ4v) is 8.49. The number of aromatic hydroxyl groups is 1. The minimum Gasteiger partial charge on any atom is -0.507 e. The first-order valence-electron chi connectivity index (χ1n) is 20.9. The van der Waals surface area contributed by atoms with Gasteiger partial charge < -0.3 is 9.52 Å². The van der Waals surface area contributed by atoms with Crippen molar-refractivity contribution in [3.63, 3.8) is 0 Å². The highest BCUT2D eigenvalue weighted by Crippen LogP contribution is 2.46. The number of imidazole rings is 1. The zero-order valence-corrected chi connectivity index (χ0v) is 35.7. The normalized spacial score (nSPS) is 11.9. The second-order valence-electron chi connectivity index (χ2n) is 17.6. The van der Waals surface area contributed by atoms with E-state index in [1.54, 1.807) is 18.4 Å². The molecule has 9 rings (SSSR count). The summed E-state index contributed by atoms with van der Waals surface area (Å²) in [7, 11) is 0. The molecule has 0 aliphatic carbocycles. The van der Waals surface area contributed by atoms with Crippen molar-refractivity contribution in [3.8, 4) is 67.5 Å². The van der Waals surface area contributed by atoms with Gasteiger partial charge in [0.05, 0.1) is 40.8 Å². The number of hydrogen-bond donors (Lipinski definition) is 1. The molecule has 0 radical (unpaired) electrons. The Bertz CT molecular complexity index is 3110. The second kappa shape index (κ2) is 15.4. The van der Waals surface area contributed by atoms with E-state index in [0.717, 1.165) is 66.7 Å². The quantitative estimate of drug-likeness (QED) is 0.156. The second-order valence-corrected chi connectivity index (χ2v) is 17.6. The van der Waals surface area contributed by atoms with Gasteiger partial charge in [0.25, 0.3) is 0 Å². The maximum Gasteiger partial charge on any atom is 0.187 e. The van der Waals surface area contributed by atoms with E-state index >= 15 is 0 Å². The molecule has 0 spiro atoms. The van der Waals surface area contributed by atoms with Gasteiger partial charge in [-0.2, -0.15) is 0 Å². The third-order valence-corrected chi connectivity index (χ3v) is 11.8. The van der Waals surface area contributed by atoms with E-state index in [0.29, 0.717) is 22.7 Å². The standard InChI is InChI=1S/C55H48N4O2/c1-33(2)43-15-12-16-44(34(3)4)53(43)59-48-32-38(36-17-19-42(56-8)20-18-36)30-46(52(48)58-54(59)51-45-24-26-61-50(45)22-21-49(51)60)39-27-40(29-41(28-39)55(5,6)7)47-31-37(23-25-57-47)35-13-10-9-11-14-35/h9-34,60H,1-7H3. The Morgan fingerprint density at radius 1 is 0.672 bits per heavy atom. The Balaban J connectivity index is 1.43. The predicted octanol–water partition coefficient (Wildman–Crippen LogP) is 15.3. The highest BCUT2D eigenvalue weighted by molar-refractivity contribution is 6.03. The average Bonchev–Trinajstić information content (AvgIpc) is 3.90. The molecule has 0 bridgehead atoms. The molecule has 61 heavy (non-hydrogen) atoms.